The van der Waals surface area contributed by atoms with Crippen molar-refractivity contribution in [2.45, 2.75) is 39.2 Å². The van der Waals surface area contributed by atoms with Gasteiger partial charge in [-0.15, -0.1) is 0 Å². The monoisotopic (exact) mass is 237 g/mol. The molecule has 3 heteroatoms. The molecule has 2 heterocycles. The number of ether oxygens (including phenoxy) is 1. The van der Waals surface area contributed by atoms with Gasteiger partial charge in [-0.1, -0.05) is 6.92 Å². The lowest BCUT2D eigenvalue weighted by molar-refractivity contribution is 0.0535. The number of nitrogens with one attached hydrogen (secondary N) is 1. The van der Waals surface area contributed by atoms with Crippen molar-refractivity contribution in [2.24, 2.45) is 5.92 Å². The molecule has 1 N–H and O–H groups in total. The number of rotatable bonds is 5. The van der Waals surface area contributed by atoms with Crippen molar-refractivity contribution >= 4 is 0 Å². The van der Waals surface area contributed by atoms with E-state index in [0.717, 1.165) is 44.8 Å². The third-order valence-electron chi connectivity index (χ3n) is 3.46. The van der Waals surface area contributed by atoms with Crippen LogP contribution in [0.25, 0.3) is 0 Å². The van der Waals surface area contributed by atoms with Gasteiger partial charge in [0.1, 0.15) is 5.76 Å². The SMILES string of the molecule is CCCNC(c1coc(C)c1)C1CCOCC1. The molecule has 2 rings (SSSR count). The summed E-state index contributed by atoms with van der Waals surface area (Å²) >= 11 is 0. The molecular formula is C14H23NO2. The molecule has 0 amide bonds. The first-order chi connectivity index (χ1) is 8.31. The van der Waals surface area contributed by atoms with Gasteiger partial charge in [0, 0.05) is 24.8 Å². The van der Waals surface area contributed by atoms with E-state index < -0.39 is 0 Å². The molecule has 3 nitrogen and oxygen atoms in total. The van der Waals surface area contributed by atoms with Gasteiger partial charge in [-0.05, 0) is 44.7 Å². The lowest BCUT2D eigenvalue weighted by Crippen LogP contribution is -2.32. The zero-order valence-electron chi connectivity index (χ0n) is 10.9. The second-order valence-electron chi connectivity index (χ2n) is 4.87. The van der Waals surface area contributed by atoms with Crippen LogP contribution in [0.3, 0.4) is 0 Å². The van der Waals surface area contributed by atoms with E-state index in [2.05, 4.69) is 18.3 Å². The van der Waals surface area contributed by atoms with Gasteiger partial charge in [-0.3, -0.25) is 0 Å². The van der Waals surface area contributed by atoms with Crippen LogP contribution in [-0.2, 0) is 4.74 Å². The van der Waals surface area contributed by atoms with E-state index >= 15 is 0 Å². The smallest absolute Gasteiger partial charge is 0.101 e. The highest BCUT2D eigenvalue weighted by molar-refractivity contribution is 5.17. The van der Waals surface area contributed by atoms with E-state index in [9.17, 15) is 0 Å². The average molecular weight is 237 g/mol. The molecule has 0 saturated carbocycles. The number of aryl methyl sites for hydroxylation is 1. The summed E-state index contributed by atoms with van der Waals surface area (Å²) in [5.41, 5.74) is 1.29. The van der Waals surface area contributed by atoms with Gasteiger partial charge in [0.05, 0.1) is 6.26 Å². The predicted octanol–water partition coefficient (Wildman–Crippen LogP) is 3.06. The van der Waals surface area contributed by atoms with Crippen LogP contribution in [0.5, 0.6) is 0 Å². The Balaban J connectivity index is 2.06. The molecule has 1 aromatic rings. The molecule has 0 aromatic carbocycles. The number of furan rings is 1. The predicted molar refractivity (Wildman–Crippen MR) is 68.0 cm³/mol. The maximum absolute atomic E-state index is 5.45. The molecule has 0 aliphatic carbocycles. The second kappa shape index (κ2) is 6.22. The van der Waals surface area contributed by atoms with Crippen molar-refractivity contribution < 1.29 is 9.15 Å². The van der Waals surface area contributed by atoms with E-state index in [1.165, 1.54) is 5.56 Å². The summed E-state index contributed by atoms with van der Waals surface area (Å²) in [4.78, 5) is 0. The van der Waals surface area contributed by atoms with Crippen molar-refractivity contribution in [3.63, 3.8) is 0 Å². The Hall–Kier alpha value is -0.800. The van der Waals surface area contributed by atoms with Crippen LogP contribution in [0, 0.1) is 12.8 Å². The molecular weight excluding hydrogens is 214 g/mol. The first-order valence-corrected chi connectivity index (χ1v) is 6.67. The Morgan fingerprint density at radius 1 is 1.41 bits per heavy atom. The molecule has 0 bridgehead atoms. The molecule has 1 atom stereocenters. The zero-order valence-corrected chi connectivity index (χ0v) is 10.9. The fourth-order valence-electron chi connectivity index (χ4n) is 2.53. The molecule has 1 fully saturated rings. The molecule has 1 aliphatic rings. The highest BCUT2D eigenvalue weighted by Gasteiger charge is 2.25. The van der Waals surface area contributed by atoms with E-state index in [1.54, 1.807) is 0 Å². The highest BCUT2D eigenvalue weighted by atomic mass is 16.5. The van der Waals surface area contributed by atoms with Crippen LogP contribution in [-0.4, -0.2) is 19.8 Å². The fraction of sp³-hybridized carbons (Fsp3) is 0.714. The maximum Gasteiger partial charge on any atom is 0.101 e. The average Bonchev–Trinajstić information content (AvgIpc) is 2.78. The Morgan fingerprint density at radius 3 is 2.76 bits per heavy atom. The van der Waals surface area contributed by atoms with E-state index in [0.29, 0.717) is 12.0 Å². The lowest BCUT2D eigenvalue weighted by atomic mass is 9.88. The van der Waals surface area contributed by atoms with E-state index in [4.69, 9.17) is 9.15 Å². The summed E-state index contributed by atoms with van der Waals surface area (Å²) in [6.07, 6.45) is 5.35. The fourth-order valence-corrected chi connectivity index (χ4v) is 2.53. The first kappa shape index (κ1) is 12.7. The topological polar surface area (TPSA) is 34.4 Å². The summed E-state index contributed by atoms with van der Waals surface area (Å²) in [6.45, 7) is 7.06. The summed E-state index contributed by atoms with van der Waals surface area (Å²) in [5.74, 6) is 1.67. The molecule has 17 heavy (non-hydrogen) atoms. The molecule has 96 valence electrons. The Kier molecular flexibility index (Phi) is 4.63. The zero-order chi connectivity index (χ0) is 12.1. The molecule has 1 unspecified atom stereocenters. The van der Waals surface area contributed by atoms with Crippen molar-refractivity contribution in [1.29, 1.82) is 0 Å². The van der Waals surface area contributed by atoms with Gasteiger partial charge in [-0.2, -0.15) is 0 Å². The quantitative estimate of drug-likeness (QED) is 0.854. The molecule has 1 aromatic heterocycles. The van der Waals surface area contributed by atoms with Gasteiger partial charge >= 0.3 is 0 Å². The normalized spacial score (nSPS) is 19.4. The summed E-state index contributed by atoms with van der Waals surface area (Å²) < 4.78 is 10.9. The van der Waals surface area contributed by atoms with Crippen LogP contribution in [0.1, 0.15) is 43.6 Å². The van der Waals surface area contributed by atoms with Crippen LogP contribution in [0.4, 0.5) is 0 Å². The lowest BCUT2D eigenvalue weighted by Gasteiger charge is -2.30. The maximum atomic E-state index is 5.45. The number of hydrogen-bond donors (Lipinski definition) is 1. The van der Waals surface area contributed by atoms with Crippen molar-refractivity contribution in [1.82, 2.24) is 5.32 Å². The summed E-state index contributed by atoms with van der Waals surface area (Å²) in [7, 11) is 0. The number of hydrogen-bond acceptors (Lipinski definition) is 3. The largest absolute Gasteiger partial charge is 0.469 e. The van der Waals surface area contributed by atoms with Crippen LogP contribution in [0.15, 0.2) is 16.7 Å². The van der Waals surface area contributed by atoms with Crippen LogP contribution in [0.2, 0.25) is 0 Å². The van der Waals surface area contributed by atoms with Gasteiger partial charge in [0.2, 0.25) is 0 Å². The van der Waals surface area contributed by atoms with Crippen molar-refractivity contribution in [3.8, 4) is 0 Å². The molecule has 1 saturated heterocycles. The van der Waals surface area contributed by atoms with Crippen molar-refractivity contribution in [2.75, 3.05) is 19.8 Å². The third kappa shape index (κ3) is 3.33. The Morgan fingerprint density at radius 2 is 2.18 bits per heavy atom. The van der Waals surface area contributed by atoms with Crippen LogP contribution >= 0.6 is 0 Å². The van der Waals surface area contributed by atoms with Gasteiger partial charge in [-0.25, -0.2) is 0 Å². The standard InChI is InChI=1S/C14H23NO2/c1-3-6-15-14(12-4-7-16-8-5-12)13-9-11(2)17-10-13/h9-10,12,14-15H,3-8H2,1-2H3. The van der Waals surface area contributed by atoms with Crippen molar-refractivity contribution in [3.05, 3.63) is 23.7 Å². The molecule has 0 radical (unpaired) electrons. The molecule has 1 aliphatic heterocycles. The van der Waals surface area contributed by atoms with Gasteiger partial charge in [0.25, 0.3) is 0 Å². The first-order valence-electron chi connectivity index (χ1n) is 6.67. The minimum atomic E-state index is 0.427. The molecule has 0 spiro atoms. The Bertz CT molecular complexity index is 329. The summed E-state index contributed by atoms with van der Waals surface area (Å²) in [6, 6.07) is 2.58. The van der Waals surface area contributed by atoms with Crippen LogP contribution < -0.4 is 5.32 Å². The van der Waals surface area contributed by atoms with E-state index in [-0.39, 0.29) is 0 Å². The third-order valence-corrected chi connectivity index (χ3v) is 3.46. The second-order valence-corrected chi connectivity index (χ2v) is 4.87. The minimum Gasteiger partial charge on any atom is -0.469 e. The van der Waals surface area contributed by atoms with Gasteiger partial charge in [0.15, 0.2) is 0 Å². The summed E-state index contributed by atoms with van der Waals surface area (Å²) in [5, 5.41) is 3.65. The highest BCUT2D eigenvalue weighted by Crippen LogP contribution is 2.31. The van der Waals surface area contributed by atoms with E-state index in [1.807, 2.05) is 13.2 Å². The Labute approximate surface area is 104 Å². The minimum absolute atomic E-state index is 0.427. The van der Waals surface area contributed by atoms with Gasteiger partial charge < -0.3 is 14.5 Å².